The smallest absolute Gasteiger partial charge is 0.250 e. The van der Waals surface area contributed by atoms with Gasteiger partial charge in [-0.05, 0) is 41.8 Å². The molecule has 3 aromatic rings. The number of nitrogens with zero attached hydrogens (tertiary/aromatic N) is 3. The van der Waals surface area contributed by atoms with Gasteiger partial charge in [0.15, 0.2) is 9.84 Å². The fraction of sp³-hybridized carbons (Fsp3) is 0.240. The molecule has 6 nitrogen and oxygen atoms in total. The average molecular weight is 446 g/mol. The summed E-state index contributed by atoms with van der Waals surface area (Å²) in [5.74, 6) is 0.0287. The normalized spacial score (nSPS) is 15.2. The Morgan fingerprint density at radius 3 is 2.44 bits per heavy atom. The first-order valence-electron chi connectivity index (χ1n) is 10.4. The summed E-state index contributed by atoms with van der Waals surface area (Å²) in [5, 5.41) is 9.14. The second kappa shape index (κ2) is 8.21. The van der Waals surface area contributed by atoms with Crippen molar-refractivity contribution in [2.24, 2.45) is 12.0 Å². The third kappa shape index (κ3) is 4.02. The summed E-state index contributed by atoms with van der Waals surface area (Å²) in [6.45, 7) is 3.58. The zero-order valence-corrected chi connectivity index (χ0v) is 19.0. The predicted octanol–water partition coefficient (Wildman–Crippen LogP) is 3.77. The van der Waals surface area contributed by atoms with Crippen molar-refractivity contribution in [3.8, 4) is 17.2 Å². The van der Waals surface area contributed by atoms with Gasteiger partial charge >= 0.3 is 0 Å². The molecular formula is C25H23N3O3S. The monoisotopic (exact) mass is 445 g/mol. The Labute approximate surface area is 187 Å². The summed E-state index contributed by atoms with van der Waals surface area (Å²) in [7, 11) is -1.50. The number of fused-ring (bicyclic) bond motifs is 3. The fourth-order valence-corrected chi connectivity index (χ4v) is 4.84. The molecule has 1 atom stereocenters. The van der Waals surface area contributed by atoms with Crippen LogP contribution in [0.2, 0.25) is 0 Å². The summed E-state index contributed by atoms with van der Waals surface area (Å²) in [6.07, 6.45) is 1.79. The number of aliphatic imine (C=N–C) groups is 1. The topological polar surface area (TPSA) is 92.3 Å². The maximum Gasteiger partial charge on any atom is 0.250 e. The van der Waals surface area contributed by atoms with Crippen LogP contribution in [0, 0.1) is 11.3 Å². The maximum absolute atomic E-state index is 12.4. The standard InChI is InChI=1S/C25H23N3O3S/c1-4-32(30,31)15-18-7-10-20-22(11-18)23-14-28(3)24(29)12-21(23)16(2)27-25(20)19-8-5-17(13-26)6-9-19/h5-12,14,16H,4,15H2,1-3H3/t16-/m0/s1. The second-order valence-corrected chi connectivity index (χ2v) is 10.3. The van der Waals surface area contributed by atoms with E-state index in [-0.39, 0.29) is 23.1 Å². The average Bonchev–Trinajstić information content (AvgIpc) is 2.89. The molecule has 1 aliphatic rings. The van der Waals surface area contributed by atoms with E-state index in [1.807, 2.05) is 37.3 Å². The van der Waals surface area contributed by atoms with Crippen LogP contribution in [-0.4, -0.2) is 24.4 Å². The molecule has 162 valence electrons. The van der Waals surface area contributed by atoms with Crippen LogP contribution >= 0.6 is 0 Å². The molecule has 0 aliphatic carbocycles. The fourth-order valence-electron chi connectivity index (χ4n) is 3.95. The Kier molecular flexibility index (Phi) is 5.57. The van der Waals surface area contributed by atoms with E-state index in [1.165, 1.54) is 4.57 Å². The Morgan fingerprint density at radius 1 is 1.06 bits per heavy atom. The third-order valence-electron chi connectivity index (χ3n) is 5.78. The van der Waals surface area contributed by atoms with Crippen LogP contribution in [0.25, 0.3) is 11.1 Å². The van der Waals surface area contributed by atoms with Crippen LogP contribution in [0.5, 0.6) is 0 Å². The van der Waals surface area contributed by atoms with Gasteiger partial charge in [-0.1, -0.05) is 31.2 Å². The van der Waals surface area contributed by atoms with Crippen LogP contribution < -0.4 is 5.56 Å². The third-order valence-corrected chi connectivity index (χ3v) is 7.43. The Bertz CT molecular complexity index is 1440. The second-order valence-electron chi connectivity index (χ2n) is 7.99. The zero-order valence-electron chi connectivity index (χ0n) is 18.2. The molecule has 0 N–H and O–H groups in total. The number of aromatic nitrogens is 1. The lowest BCUT2D eigenvalue weighted by Crippen LogP contribution is -2.17. The molecule has 2 heterocycles. The summed E-state index contributed by atoms with van der Waals surface area (Å²) in [6, 6.07) is 16.3. The van der Waals surface area contributed by atoms with Crippen LogP contribution in [0.3, 0.4) is 0 Å². The highest BCUT2D eigenvalue weighted by Gasteiger charge is 2.24. The highest BCUT2D eigenvalue weighted by atomic mass is 32.2. The number of hydrogen-bond donors (Lipinski definition) is 0. The van der Waals surface area contributed by atoms with E-state index < -0.39 is 9.84 Å². The van der Waals surface area contributed by atoms with E-state index in [0.717, 1.165) is 33.5 Å². The lowest BCUT2D eigenvalue weighted by Gasteiger charge is -2.15. The quantitative estimate of drug-likeness (QED) is 0.611. The van der Waals surface area contributed by atoms with Gasteiger partial charge in [-0.25, -0.2) is 8.42 Å². The molecular weight excluding hydrogens is 422 g/mol. The summed E-state index contributed by atoms with van der Waals surface area (Å²) in [5.41, 5.74) is 6.08. The van der Waals surface area contributed by atoms with Gasteiger partial charge in [-0.2, -0.15) is 5.26 Å². The molecule has 0 spiro atoms. The molecule has 0 bridgehead atoms. The molecule has 2 aromatic carbocycles. The van der Waals surface area contributed by atoms with Crippen molar-refractivity contribution >= 4 is 15.5 Å². The minimum Gasteiger partial charge on any atom is -0.318 e. The van der Waals surface area contributed by atoms with Gasteiger partial charge in [0.05, 0.1) is 29.1 Å². The van der Waals surface area contributed by atoms with Crippen molar-refractivity contribution in [1.82, 2.24) is 4.57 Å². The first-order valence-corrected chi connectivity index (χ1v) is 12.2. The van der Waals surface area contributed by atoms with Crippen molar-refractivity contribution in [3.63, 3.8) is 0 Å². The molecule has 0 amide bonds. The number of hydrogen-bond acceptors (Lipinski definition) is 5. The van der Waals surface area contributed by atoms with Crippen molar-refractivity contribution < 1.29 is 8.42 Å². The molecule has 0 unspecified atom stereocenters. The van der Waals surface area contributed by atoms with Gasteiger partial charge in [-0.15, -0.1) is 0 Å². The van der Waals surface area contributed by atoms with Crippen molar-refractivity contribution in [1.29, 1.82) is 5.26 Å². The lowest BCUT2D eigenvalue weighted by atomic mass is 9.91. The van der Waals surface area contributed by atoms with Crippen molar-refractivity contribution in [3.05, 3.63) is 92.9 Å². The van der Waals surface area contributed by atoms with Crippen LogP contribution in [0.15, 0.2) is 64.5 Å². The molecule has 0 fully saturated rings. The number of sulfone groups is 1. The predicted molar refractivity (Wildman–Crippen MR) is 125 cm³/mol. The molecule has 4 rings (SSSR count). The van der Waals surface area contributed by atoms with E-state index in [1.54, 1.807) is 38.4 Å². The van der Waals surface area contributed by atoms with Gasteiger partial charge in [-0.3, -0.25) is 9.79 Å². The Hall–Kier alpha value is -3.50. The van der Waals surface area contributed by atoms with Crippen molar-refractivity contribution in [2.45, 2.75) is 25.6 Å². The van der Waals surface area contributed by atoms with Gasteiger partial charge in [0.25, 0.3) is 5.56 Å². The SMILES string of the molecule is CCS(=O)(=O)Cc1ccc2c(c1)-c1cn(C)c(=O)cc1[C@H](C)N=C2c1ccc(C#N)cc1. The molecule has 7 heteroatoms. The molecule has 0 saturated carbocycles. The van der Waals surface area contributed by atoms with E-state index in [0.29, 0.717) is 11.1 Å². The molecule has 0 saturated heterocycles. The van der Waals surface area contributed by atoms with Crippen molar-refractivity contribution in [2.75, 3.05) is 5.75 Å². The maximum atomic E-state index is 12.4. The molecule has 1 aromatic heterocycles. The number of benzene rings is 2. The number of pyridine rings is 1. The largest absolute Gasteiger partial charge is 0.318 e. The van der Waals surface area contributed by atoms with E-state index in [9.17, 15) is 13.2 Å². The number of rotatable bonds is 4. The highest BCUT2D eigenvalue weighted by Crippen LogP contribution is 2.37. The van der Waals surface area contributed by atoms with Crippen LogP contribution in [-0.2, 0) is 22.6 Å². The minimum atomic E-state index is -3.20. The van der Waals surface area contributed by atoms with E-state index in [2.05, 4.69) is 6.07 Å². The zero-order chi connectivity index (χ0) is 23.0. The lowest BCUT2D eigenvalue weighted by molar-refractivity contribution is 0.596. The van der Waals surface area contributed by atoms with Gasteiger partial charge in [0, 0.05) is 41.8 Å². The number of aryl methyl sites for hydroxylation is 1. The summed E-state index contributed by atoms with van der Waals surface area (Å²) >= 11 is 0. The van der Waals surface area contributed by atoms with E-state index in [4.69, 9.17) is 10.3 Å². The summed E-state index contributed by atoms with van der Waals surface area (Å²) < 4.78 is 26.0. The Balaban J connectivity index is 1.99. The first-order chi connectivity index (χ1) is 15.2. The van der Waals surface area contributed by atoms with Crippen LogP contribution in [0.4, 0.5) is 0 Å². The molecule has 32 heavy (non-hydrogen) atoms. The van der Waals surface area contributed by atoms with Gasteiger partial charge in [0.1, 0.15) is 0 Å². The molecule has 1 aliphatic heterocycles. The molecule has 0 radical (unpaired) electrons. The highest BCUT2D eigenvalue weighted by molar-refractivity contribution is 7.90. The van der Waals surface area contributed by atoms with E-state index >= 15 is 0 Å². The summed E-state index contributed by atoms with van der Waals surface area (Å²) in [4.78, 5) is 17.3. The van der Waals surface area contributed by atoms with Gasteiger partial charge in [0.2, 0.25) is 0 Å². The van der Waals surface area contributed by atoms with Gasteiger partial charge < -0.3 is 4.57 Å². The number of nitriles is 1. The van der Waals surface area contributed by atoms with Crippen LogP contribution in [0.1, 0.15) is 47.7 Å². The minimum absolute atomic E-state index is 0.0449. The Morgan fingerprint density at radius 2 is 1.78 bits per heavy atom. The first kappa shape index (κ1) is 21.7.